The van der Waals surface area contributed by atoms with E-state index < -0.39 is 8.07 Å². The molecule has 14 heavy (non-hydrogen) atoms. The summed E-state index contributed by atoms with van der Waals surface area (Å²) in [4.78, 5) is 0. The van der Waals surface area contributed by atoms with E-state index in [1.54, 1.807) is 18.2 Å². The highest BCUT2D eigenvalue weighted by molar-refractivity contribution is 6.83. The Morgan fingerprint density at radius 1 is 1.14 bits per heavy atom. The minimum atomic E-state index is -1.34. The Balaban J connectivity index is 3.06. The van der Waals surface area contributed by atoms with Crippen molar-refractivity contribution in [3.8, 4) is 11.5 Å². The van der Waals surface area contributed by atoms with Crippen molar-refractivity contribution < 1.29 is 0 Å². The zero-order valence-corrected chi connectivity index (χ0v) is 11.0. The van der Waals surface area contributed by atoms with Gasteiger partial charge in [-0.25, -0.2) is 0 Å². The van der Waals surface area contributed by atoms with Gasteiger partial charge in [0.15, 0.2) is 0 Å². The van der Waals surface area contributed by atoms with E-state index in [1.165, 1.54) is 0 Å². The quantitative estimate of drug-likeness (QED) is 0.472. The maximum Gasteiger partial charge on any atom is 0.129 e. The Morgan fingerprint density at radius 2 is 1.79 bits per heavy atom. The Hall–Kier alpha value is -0.423. The van der Waals surface area contributed by atoms with Crippen molar-refractivity contribution in [1.82, 2.24) is 0 Å². The van der Waals surface area contributed by atoms with E-state index in [9.17, 15) is 0 Å². The number of hydrogen-bond donors (Lipinski definition) is 0. The molecular weight excluding hydrogens is 231 g/mol. The fourth-order valence-electron chi connectivity index (χ4n) is 0.848. The fraction of sp³-hybridized carbons (Fsp3) is 0.273. The highest BCUT2D eigenvalue weighted by Gasteiger charge is 2.08. The molecule has 3 heteroatoms. The first-order valence-corrected chi connectivity index (χ1v) is 8.62. The second-order valence-corrected chi connectivity index (χ2v) is 9.72. The number of hydrogen-bond acceptors (Lipinski definition) is 0. The lowest BCUT2D eigenvalue weighted by atomic mass is 10.2. The van der Waals surface area contributed by atoms with Gasteiger partial charge in [-0.1, -0.05) is 48.8 Å². The molecule has 0 saturated heterocycles. The van der Waals surface area contributed by atoms with Gasteiger partial charge in [0.2, 0.25) is 0 Å². The molecule has 0 atom stereocenters. The molecule has 1 aromatic rings. The minimum absolute atomic E-state index is 0.667. The molecule has 0 fully saturated rings. The second kappa shape index (κ2) is 4.40. The monoisotopic (exact) mass is 242 g/mol. The van der Waals surface area contributed by atoms with Crippen molar-refractivity contribution in [2.24, 2.45) is 0 Å². The van der Waals surface area contributed by atoms with E-state index in [0.717, 1.165) is 5.56 Å². The Morgan fingerprint density at radius 3 is 2.36 bits per heavy atom. The van der Waals surface area contributed by atoms with Crippen molar-refractivity contribution >= 4 is 31.3 Å². The van der Waals surface area contributed by atoms with Crippen molar-refractivity contribution in [2.75, 3.05) is 0 Å². The minimum Gasteiger partial charge on any atom is -0.127 e. The van der Waals surface area contributed by atoms with Crippen molar-refractivity contribution in [3.05, 3.63) is 33.8 Å². The summed E-state index contributed by atoms with van der Waals surface area (Å²) in [5.41, 5.74) is 4.07. The molecule has 0 spiro atoms. The van der Waals surface area contributed by atoms with Crippen LogP contribution in [0.15, 0.2) is 18.2 Å². The van der Waals surface area contributed by atoms with Crippen LogP contribution in [0.2, 0.25) is 29.7 Å². The van der Waals surface area contributed by atoms with Crippen LogP contribution in [0, 0.1) is 11.5 Å². The molecule has 0 saturated carbocycles. The average Bonchev–Trinajstić information content (AvgIpc) is 2.05. The zero-order chi connectivity index (χ0) is 10.8. The van der Waals surface area contributed by atoms with E-state index in [1.807, 2.05) is 0 Å². The van der Waals surface area contributed by atoms with Gasteiger partial charge >= 0.3 is 0 Å². The van der Waals surface area contributed by atoms with Gasteiger partial charge in [-0.2, -0.15) is 0 Å². The summed E-state index contributed by atoms with van der Waals surface area (Å²) in [6.07, 6.45) is 0. The Bertz CT molecular complexity index is 394. The molecule has 1 rings (SSSR count). The molecule has 0 radical (unpaired) electrons. The van der Waals surface area contributed by atoms with E-state index in [4.69, 9.17) is 23.2 Å². The normalized spacial score (nSPS) is 10.6. The molecule has 0 amide bonds. The number of benzene rings is 1. The molecule has 0 aliphatic rings. The van der Waals surface area contributed by atoms with Gasteiger partial charge in [0.05, 0.1) is 5.02 Å². The first-order chi connectivity index (χ1) is 6.38. The van der Waals surface area contributed by atoms with Crippen LogP contribution >= 0.6 is 23.2 Å². The molecule has 0 unspecified atom stereocenters. The van der Waals surface area contributed by atoms with Crippen LogP contribution in [0.3, 0.4) is 0 Å². The molecule has 0 aliphatic heterocycles. The van der Waals surface area contributed by atoms with Crippen LogP contribution < -0.4 is 0 Å². The van der Waals surface area contributed by atoms with Crippen LogP contribution in [-0.2, 0) is 0 Å². The number of rotatable bonds is 0. The maximum atomic E-state index is 5.98. The van der Waals surface area contributed by atoms with Gasteiger partial charge in [-0.05, 0) is 18.2 Å². The summed E-state index contributed by atoms with van der Waals surface area (Å²) in [6, 6.07) is 5.35. The molecule has 0 N–H and O–H groups in total. The predicted molar refractivity (Wildman–Crippen MR) is 66.7 cm³/mol. The topological polar surface area (TPSA) is 0 Å². The first-order valence-electron chi connectivity index (χ1n) is 4.37. The Kier molecular flexibility index (Phi) is 3.66. The summed E-state index contributed by atoms with van der Waals surface area (Å²) in [5, 5.41) is 1.34. The van der Waals surface area contributed by atoms with Crippen molar-refractivity contribution in [3.63, 3.8) is 0 Å². The van der Waals surface area contributed by atoms with Crippen molar-refractivity contribution in [1.29, 1.82) is 0 Å². The summed E-state index contributed by atoms with van der Waals surface area (Å²) in [5.74, 6) is 3.09. The van der Waals surface area contributed by atoms with Crippen LogP contribution in [0.4, 0.5) is 0 Å². The second-order valence-electron chi connectivity index (χ2n) is 4.12. The van der Waals surface area contributed by atoms with Crippen LogP contribution in [-0.4, -0.2) is 8.07 Å². The van der Waals surface area contributed by atoms with Crippen LogP contribution in [0.1, 0.15) is 5.56 Å². The largest absolute Gasteiger partial charge is 0.129 e. The lowest BCUT2D eigenvalue weighted by Crippen LogP contribution is -2.16. The van der Waals surface area contributed by atoms with E-state index in [2.05, 4.69) is 31.1 Å². The smallest absolute Gasteiger partial charge is 0.127 e. The van der Waals surface area contributed by atoms with Gasteiger partial charge in [0.1, 0.15) is 8.07 Å². The van der Waals surface area contributed by atoms with Gasteiger partial charge in [0.25, 0.3) is 0 Å². The fourth-order valence-corrected chi connectivity index (χ4v) is 1.69. The zero-order valence-electron chi connectivity index (χ0n) is 8.49. The Labute approximate surface area is 96.2 Å². The van der Waals surface area contributed by atoms with Gasteiger partial charge in [-0.15, -0.1) is 5.54 Å². The highest BCUT2D eigenvalue weighted by atomic mass is 35.5. The molecule has 1 aromatic carbocycles. The third-order valence-corrected chi connectivity index (χ3v) is 2.94. The molecule has 0 aliphatic carbocycles. The van der Waals surface area contributed by atoms with Gasteiger partial charge in [0, 0.05) is 10.6 Å². The lowest BCUT2D eigenvalue weighted by Gasteiger charge is -2.04. The molecule has 0 nitrogen and oxygen atoms in total. The van der Waals surface area contributed by atoms with Crippen molar-refractivity contribution in [2.45, 2.75) is 19.6 Å². The lowest BCUT2D eigenvalue weighted by molar-refractivity contribution is 1.64. The van der Waals surface area contributed by atoms with E-state index in [0.29, 0.717) is 10.0 Å². The van der Waals surface area contributed by atoms with Gasteiger partial charge in [-0.3, -0.25) is 0 Å². The molecule has 0 heterocycles. The van der Waals surface area contributed by atoms with Crippen LogP contribution in [0.5, 0.6) is 0 Å². The molecule has 0 aromatic heterocycles. The first kappa shape index (κ1) is 11.7. The average molecular weight is 243 g/mol. The highest BCUT2D eigenvalue weighted by Crippen LogP contribution is 2.19. The summed E-state index contributed by atoms with van der Waals surface area (Å²) < 4.78 is 0. The number of halogens is 2. The molecule has 0 bridgehead atoms. The van der Waals surface area contributed by atoms with Crippen LogP contribution in [0.25, 0.3) is 0 Å². The summed E-state index contributed by atoms with van der Waals surface area (Å²) in [6.45, 7) is 6.58. The third kappa shape index (κ3) is 3.75. The summed E-state index contributed by atoms with van der Waals surface area (Å²) in [7, 11) is -1.34. The van der Waals surface area contributed by atoms with Gasteiger partial charge < -0.3 is 0 Å². The maximum absolute atomic E-state index is 5.98. The van der Waals surface area contributed by atoms with E-state index in [-0.39, 0.29) is 0 Å². The summed E-state index contributed by atoms with van der Waals surface area (Å²) >= 11 is 11.8. The SMILES string of the molecule is C[Si](C)(C)C#Cc1cc(Cl)ccc1Cl. The molecule has 74 valence electrons. The third-order valence-electron chi connectivity index (χ3n) is 1.50. The standard InChI is InChI=1S/C11H12Cl2Si/c1-14(2,3)7-6-9-8-10(12)4-5-11(9)13/h4-5,8H,1-3H3. The molecular formula is C11H12Cl2Si. The predicted octanol–water partition coefficient (Wildman–Crippen LogP) is 4.22. The van der Waals surface area contributed by atoms with E-state index >= 15 is 0 Å².